The van der Waals surface area contributed by atoms with Crippen molar-refractivity contribution in [3.8, 4) is 0 Å². The van der Waals surface area contributed by atoms with Crippen LogP contribution in [0, 0.1) is 0 Å². The van der Waals surface area contributed by atoms with Crippen molar-refractivity contribution in [1.82, 2.24) is 20.5 Å². The van der Waals surface area contributed by atoms with E-state index in [4.69, 9.17) is 4.98 Å². The van der Waals surface area contributed by atoms with Crippen LogP contribution >= 0.6 is 0 Å². The predicted octanol–water partition coefficient (Wildman–Crippen LogP) is 2.53. The maximum Gasteiger partial charge on any atom is 0.0705 e. The Morgan fingerprint density at radius 2 is 1.95 bits per heavy atom. The molecule has 0 aliphatic heterocycles. The van der Waals surface area contributed by atoms with Crippen LogP contribution in [0.15, 0.2) is 54.9 Å². The highest BCUT2D eigenvalue weighted by Gasteiger charge is 2.11. The molecule has 20 heavy (non-hydrogen) atoms. The maximum absolute atomic E-state index is 4.71. The summed E-state index contributed by atoms with van der Waals surface area (Å²) in [6, 6.07) is 14.5. The summed E-state index contributed by atoms with van der Waals surface area (Å²) < 4.78 is 0. The van der Waals surface area contributed by atoms with Gasteiger partial charge >= 0.3 is 0 Å². The van der Waals surface area contributed by atoms with Crippen molar-refractivity contribution in [3.05, 3.63) is 66.1 Å². The number of benzene rings is 1. The molecule has 4 nitrogen and oxygen atoms in total. The minimum atomic E-state index is 0.194. The van der Waals surface area contributed by atoms with E-state index in [9.17, 15) is 0 Å². The lowest BCUT2D eigenvalue weighted by molar-refractivity contribution is 0.581. The van der Waals surface area contributed by atoms with E-state index in [2.05, 4.69) is 33.7 Å². The second kappa shape index (κ2) is 5.75. The molecular weight excluding hydrogens is 248 g/mol. The number of hydrogen-bond acceptors (Lipinski definition) is 4. The Kier molecular flexibility index (Phi) is 3.65. The van der Waals surface area contributed by atoms with Crippen LogP contribution < -0.4 is 5.32 Å². The first kappa shape index (κ1) is 12.7. The monoisotopic (exact) mass is 264 g/mol. The first-order chi connectivity index (χ1) is 9.86. The smallest absolute Gasteiger partial charge is 0.0705 e. The van der Waals surface area contributed by atoms with Gasteiger partial charge in [0.1, 0.15) is 0 Å². The molecule has 1 N–H and O–H groups in total. The Labute approximate surface area is 117 Å². The topological polar surface area (TPSA) is 50.7 Å². The number of para-hydroxylation sites is 1. The number of nitrogens with zero attached hydrogens (tertiary/aromatic N) is 3. The van der Waals surface area contributed by atoms with Crippen molar-refractivity contribution in [3.63, 3.8) is 0 Å². The lowest BCUT2D eigenvalue weighted by Crippen LogP contribution is -2.19. The van der Waals surface area contributed by atoms with Crippen molar-refractivity contribution in [2.45, 2.75) is 12.5 Å². The molecule has 1 unspecified atom stereocenters. The van der Waals surface area contributed by atoms with Crippen LogP contribution in [0.25, 0.3) is 10.9 Å². The Morgan fingerprint density at radius 1 is 1.05 bits per heavy atom. The van der Waals surface area contributed by atoms with Crippen LogP contribution in [0.2, 0.25) is 0 Å². The van der Waals surface area contributed by atoms with Crippen LogP contribution in [0.4, 0.5) is 0 Å². The SMILES string of the molecule is CNC(Cc1ccc2ccccc2n1)c1ccnnc1. The number of rotatable bonds is 4. The van der Waals surface area contributed by atoms with Gasteiger partial charge in [-0.3, -0.25) is 4.98 Å². The molecule has 1 atom stereocenters. The molecule has 4 heteroatoms. The minimum Gasteiger partial charge on any atom is -0.313 e. The first-order valence-electron chi connectivity index (χ1n) is 6.65. The number of fused-ring (bicyclic) bond motifs is 1. The number of nitrogens with one attached hydrogen (secondary N) is 1. The molecule has 1 aromatic carbocycles. The second-order valence-electron chi connectivity index (χ2n) is 4.72. The van der Waals surface area contributed by atoms with E-state index in [1.165, 1.54) is 5.39 Å². The zero-order chi connectivity index (χ0) is 13.8. The van der Waals surface area contributed by atoms with Gasteiger partial charge in [0.2, 0.25) is 0 Å². The molecule has 0 spiro atoms. The summed E-state index contributed by atoms with van der Waals surface area (Å²) in [5.74, 6) is 0. The van der Waals surface area contributed by atoms with Gasteiger partial charge in [-0.15, -0.1) is 0 Å². The third-order valence-electron chi connectivity index (χ3n) is 3.43. The van der Waals surface area contributed by atoms with Crippen LogP contribution in [0.5, 0.6) is 0 Å². The van der Waals surface area contributed by atoms with Crippen LogP contribution in [0.3, 0.4) is 0 Å². The van der Waals surface area contributed by atoms with E-state index in [-0.39, 0.29) is 6.04 Å². The summed E-state index contributed by atoms with van der Waals surface area (Å²) >= 11 is 0. The predicted molar refractivity (Wildman–Crippen MR) is 79.3 cm³/mol. The fourth-order valence-corrected chi connectivity index (χ4v) is 2.32. The van der Waals surface area contributed by atoms with Crippen LogP contribution in [-0.4, -0.2) is 22.2 Å². The number of likely N-dealkylation sites (N-methyl/N-ethyl adjacent to an activating group) is 1. The summed E-state index contributed by atoms with van der Waals surface area (Å²) in [4.78, 5) is 4.71. The molecule has 3 rings (SSSR count). The quantitative estimate of drug-likeness (QED) is 0.786. The fraction of sp³-hybridized carbons (Fsp3) is 0.188. The number of aromatic nitrogens is 3. The third kappa shape index (κ3) is 2.65. The van der Waals surface area contributed by atoms with E-state index in [1.54, 1.807) is 12.4 Å². The molecule has 0 radical (unpaired) electrons. The highest BCUT2D eigenvalue weighted by atomic mass is 15.1. The normalized spacial score (nSPS) is 12.4. The average molecular weight is 264 g/mol. The lowest BCUT2D eigenvalue weighted by Gasteiger charge is -2.15. The molecule has 3 aromatic rings. The molecule has 0 aliphatic carbocycles. The van der Waals surface area contributed by atoms with E-state index >= 15 is 0 Å². The van der Waals surface area contributed by atoms with Crippen molar-refractivity contribution >= 4 is 10.9 Å². The number of hydrogen-bond donors (Lipinski definition) is 1. The van der Waals surface area contributed by atoms with Gasteiger partial charge in [-0.1, -0.05) is 24.3 Å². The molecular formula is C16H16N4. The lowest BCUT2D eigenvalue weighted by atomic mass is 10.0. The fourth-order valence-electron chi connectivity index (χ4n) is 2.32. The largest absolute Gasteiger partial charge is 0.313 e. The van der Waals surface area contributed by atoms with Gasteiger partial charge in [0.15, 0.2) is 0 Å². The van der Waals surface area contributed by atoms with Crippen molar-refractivity contribution in [2.75, 3.05) is 7.05 Å². The third-order valence-corrected chi connectivity index (χ3v) is 3.43. The minimum absolute atomic E-state index is 0.194. The Morgan fingerprint density at radius 3 is 2.75 bits per heavy atom. The standard InChI is InChI=1S/C16H16N4/c1-17-16(13-8-9-18-19-11-13)10-14-7-6-12-4-2-3-5-15(12)20-14/h2-9,11,16-17H,10H2,1H3. The summed E-state index contributed by atoms with van der Waals surface area (Å²) in [5.41, 5.74) is 3.23. The molecule has 0 fully saturated rings. The molecule has 2 aromatic heterocycles. The molecule has 0 bridgehead atoms. The highest BCUT2D eigenvalue weighted by molar-refractivity contribution is 5.78. The second-order valence-corrected chi connectivity index (χ2v) is 4.72. The summed E-state index contributed by atoms with van der Waals surface area (Å²) in [7, 11) is 1.95. The van der Waals surface area contributed by atoms with E-state index in [1.807, 2.05) is 31.3 Å². The zero-order valence-electron chi connectivity index (χ0n) is 11.3. The highest BCUT2D eigenvalue weighted by Crippen LogP contribution is 2.18. The van der Waals surface area contributed by atoms with Gasteiger partial charge < -0.3 is 5.32 Å². The molecule has 0 saturated carbocycles. The van der Waals surface area contributed by atoms with Crippen molar-refractivity contribution in [1.29, 1.82) is 0 Å². The van der Waals surface area contributed by atoms with E-state index < -0.39 is 0 Å². The molecule has 0 saturated heterocycles. The maximum atomic E-state index is 4.71. The van der Waals surface area contributed by atoms with Gasteiger partial charge in [-0.2, -0.15) is 10.2 Å². The Hall–Kier alpha value is -2.33. The van der Waals surface area contributed by atoms with Gasteiger partial charge in [0.05, 0.1) is 11.7 Å². The van der Waals surface area contributed by atoms with E-state index in [0.717, 1.165) is 23.2 Å². The Bertz CT molecular complexity index is 697. The van der Waals surface area contributed by atoms with Crippen molar-refractivity contribution < 1.29 is 0 Å². The average Bonchev–Trinajstić information content (AvgIpc) is 2.53. The number of pyridine rings is 1. The Balaban J connectivity index is 1.87. The first-order valence-corrected chi connectivity index (χ1v) is 6.65. The van der Waals surface area contributed by atoms with Crippen LogP contribution in [-0.2, 0) is 6.42 Å². The van der Waals surface area contributed by atoms with Crippen molar-refractivity contribution in [2.24, 2.45) is 0 Å². The summed E-state index contributed by atoms with van der Waals surface area (Å²) in [6.45, 7) is 0. The van der Waals surface area contributed by atoms with E-state index in [0.29, 0.717) is 0 Å². The molecule has 2 heterocycles. The molecule has 100 valence electrons. The van der Waals surface area contributed by atoms with Gasteiger partial charge in [-0.25, -0.2) is 0 Å². The molecule has 0 amide bonds. The molecule has 0 aliphatic rings. The van der Waals surface area contributed by atoms with Crippen LogP contribution in [0.1, 0.15) is 17.3 Å². The van der Waals surface area contributed by atoms with Gasteiger partial charge in [-0.05, 0) is 30.8 Å². The summed E-state index contributed by atoms with van der Waals surface area (Å²) in [5, 5.41) is 12.2. The van der Waals surface area contributed by atoms with Gasteiger partial charge in [0, 0.05) is 29.7 Å². The summed E-state index contributed by atoms with van der Waals surface area (Å²) in [6.07, 6.45) is 4.34. The zero-order valence-corrected chi connectivity index (χ0v) is 11.3. The van der Waals surface area contributed by atoms with Gasteiger partial charge in [0.25, 0.3) is 0 Å².